The SMILES string of the molecule is N#Cc1cn(CC(NC(=O)OCC2c3ccccc3-c3ccccc32)C(=O)O)nn1. The van der Waals surface area contributed by atoms with E-state index < -0.39 is 18.1 Å². The largest absolute Gasteiger partial charge is 0.480 e. The second kappa shape index (κ2) is 8.05. The molecule has 2 N–H and O–H groups in total. The summed E-state index contributed by atoms with van der Waals surface area (Å²) in [6.07, 6.45) is 0.458. The summed E-state index contributed by atoms with van der Waals surface area (Å²) < 4.78 is 6.56. The second-order valence-corrected chi connectivity index (χ2v) is 6.80. The van der Waals surface area contributed by atoms with Crippen LogP contribution in [0.5, 0.6) is 0 Å². The van der Waals surface area contributed by atoms with Crippen molar-refractivity contribution in [1.29, 1.82) is 5.26 Å². The van der Waals surface area contributed by atoms with Gasteiger partial charge < -0.3 is 15.2 Å². The molecular formula is C21H17N5O4. The van der Waals surface area contributed by atoms with E-state index >= 15 is 0 Å². The number of carboxylic acids is 1. The number of benzene rings is 2. The molecule has 0 saturated carbocycles. The summed E-state index contributed by atoms with van der Waals surface area (Å²) in [5.41, 5.74) is 4.39. The predicted octanol–water partition coefficient (Wildman–Crippen LogP) is 2.14. The fourth-order valence-electron chi connectivity index (χ4n) is 3.59. The molecule has 1 amide bonds. The smallest absolute Gasteiger partial charge is 0.407 e. The van der Waals surface area contributed by atoms with Gasteiger partial charge in [0.2, 0.25) is 0 Å². The van der Waals surface area contributed by atoms with Crippen LogP contribution in [0.1, 0.15) is 22.7 Å². The third kappa shape index (κ3) is 3.71. The highest BCUT2D eigenvalue weighted by Gasteiger charge is 2.29. The number of rotatable bonds is 6. The van der Waals surface area contributed by atoms with Crippen LogP contribution < -0.4 is 5.32 Å². The standard InChI is InChI=1S/C21H17N5O4/c22-9-13-10-26(25-24-13)11-19(20(27)28)23-21(29)30-12-18-16-7-3-1-5-14(16)15-6-2-4-8-17(15)18/h1-8,10,18-19H,11-12H2,(H,23,29)(H,27,28). The molecule has 1 aliphatic rings. The molecule has 4 rings (SSSR count). The summed E-state index contributed by atoms with van der Waals surface area (Å²) in [7, 11) is 0. The fourth-order valence-corrected chi connectivity index (χ4v) is 3.59. The number of nitrogens with one attached hydrogen (secondary N) is 1. The van der Waals surface area contributed by atoms with E-state index in [1.807, 2.05) is 48.5 Å². The van der Waals surface area contributed by atoms with Crippen molar-refractivity contribution in [3.8, 4) is 17.2 Å². The zero-order valence-corrected chi connectivity index (χ0v) is 15.7. The number of carbonyl (C=O) groups is 2. The van der Waals surface area contributed by atoms with Crippen molar-refractivity contribution in [3.63, 3.8) is 0 Å². The number of carbonyl (C=O) groups excluding carboxylic acids is 1. The Morgan fingerprint density at radius 3 is 2.37 bits per heavy atom. The van der Waals surface area contributed by atoms with E-state index in [2.05, 4.69) is 15.6 Å². The number of nitriles is 1. The van der Waals surface area contributed by atoms with Crippen molar-refractivity contribution in [3.05, 3.63) is 71.5 Å². The fraction of sp³-hybridized carbons (Fsp3) is 0.190. The first-order chi connectivity index (χ1) is 14.6. The molecule has 3 aromatic rings. The van der Waals surface area contributed by atoms with Gasteiger partial charge in [0.1, 0.15) is 18.7 Å². The van der Waals surface area contributed by atoms with E-state index in [9.17, 15) is 14.7 Å². The molecule has 9 heteroatoms. The van der Waals surface area contributed by atoms with E-state index in [-0.39, 0.29) is 24.8 Å². The Morgan fingerprint density at radius 1 is 1.17 bits per heavy atom. The topological polar surface area (TPSA) is 130 Å². The number of alkyl carbamates (subject to hydrolysis) is 1. The summed E-state index contributed by atoms with van der Waals surface area (Å²) in [5, 5.41) is 27.7. The van der Waals surface area contributed by atoms with Gasteiger partial charge in [-0.25, -0.2) is 14.3 Å². The van der Waals surface area contributed by atoms with Crippen molar-refractivity contribution in [1.82, 2.24) is 20.3 Å². The molecule has 0 bridgehead atoms. The summed E-state index contributed by atoms with van der Waals surface area (Å²) in [6.45, 7) is -0.109. The van der Waals surface area contributed by atoms with Crippen LogP contribution in [0, 0.1) is 11.3 Å². The van der Waals surface area contributed by atoms with Crippen molar-refractivity contribution in [2.75, 3.05) is 6.61 Å². The molecule has 1 aliphatic carbocycles. The number of aliphatic carboxylic acids is 1. The zero-order chi connectivity index (χ0) is 21.1. The van der Waals surface area contributed by atoms with Crippen LogP contribution in [0.15, 0.2) is 54.7 Å². The normalized spacial score (nSPS) is 13.0. The molecule has 1 aromatic heterocycles. The molecule has 1 unspecified atom stereocenters. The Bertz CT molecular complexity index is 1100. The van der Waals surface area contributed by atoms with Crippen LogP contribution in [0.4, 0.5) is 4.79 Å². The number of aromatic nitrogens is 3. The van der Waals surface area contributed by atoms with Crippen LogP contribution in [0.25, 0.3) is 11.1 Å². The zero-order valence-electron chi connectivity index (χ0n) is 15.7. The summed E-state index contributed by atoms with van der Waals surface area (Å²) >= 11 is 0. The molecule has 30 heavy (non-hydrogen) atoms. The van der Waals surface area contributed by atoms with Gasteiger partial charge in [-0.1, -0.05) is 53.7 Å². The van der Waals surface area contributed by atoms with Crippen LogP contribution in [-0.2, 0) is 16.1 Å². The highest BCUT2D eigenvalue weighted by Crippen LogP contribution is 2.44. The maximum Gasteiger partial charge on any atom is 0.407 e. The van der Waals surface area contributed by atoms with Gasteiger partial charge >= 0.3 is 12.1 Å². The highest BCUT2D eigenvalue weighted by molar-refractivity contribution is 5.81. The van der Waals surface area contributed by atoms with Gasteiger partial charge in [0, 0.05) is 5.92 Å². The Hall–Kier alpha value is -4.19. The monoisotopic (exact) mass is 403 g/mol. The van der Waals surface area contributed by atoms with Crippen LogP contribution in [0.2, 0.25) is 0 Å². The molecule has 0 aliphatic heterocycles. The van der Waals surface area contributed by atoms with Crippen LogP contribution >= 0.6 is 0 Å². The molecule has 0 spiro atoms. The summed E-state index contributed by atoms with van der Waals surface area (Å²) in [6, 6.07) is 16.4. The quantitative estimate of drug-likeness (QED) is 0.645. The van der Waals surface area contributed by atoms with Gasteiger partial charge in [-0.2, -0.15) is 5.26 Å². The number of fused-ring (bicyclic) bond motifs is 3. The molecule has 0 radical (unpaired) electrons. The van der Waals surface area contributed by atoms with Crippen molar-refractivity contribution < 1.29 is 19.4 Å². The second-order valence-electron chi connectivity index (χ2n) is 6.80. The van der Waals surface area contributed by atoms with Crippen LogP contribution in [-0.4, -0.2) is 44.8 Å². The minimum atomic E-state index is -1.28. The maximum atomic E-state index is 12.3. The lowest BCUT2D eigenvalue weighted by Gasteiger charge is -2.17. The van der Waals surface area contributed by atoms with E-state index in [0.717, 1.165) is 22.3 Å². The van der Waals surface area contributed by atoms with Gasteiger partial charge in [0.15, 0.2) is 5.69 Å². The average Bonchev–Trinajstić information content (AvgIpc) is 3.34. The molecule has 2 aromatic carbocycles. The van der Waals surface area contributed by atoms with E-state index in [1.54, 1.807) is 6.07 Å². The number of ether oxygens (including phenoxy) is 1. The van der Waals surface area contributed by atoms with E-state index in [4.69, 9.17) is 10.00 Å². The number of amides is 1. The number of hydrogen-bond acceptors (Lipinski definition) is 6. The minimum Gasteiger partial charge on any atom is -0.480 e. The van der Waals surface area contributed by atoms with Crippen molar-refractivity contribution in [2.24, 2.45) is 0 Å². The van der Waals surface area contributed by atoms with Gasteiger partial charge in [-0.3, -0.25) is 0 Å². The molecule has 9 nitrogen and oxygen atoms in total. The lowest BCUT2D eigenvalue weighted by atomic mass is 9.98. The molecule has 150 valence electrons. The summed E-state index contributed by atoms with van der Waals surface area (Å²) in [4.78, 5) is 23.8. The van der Waals surface area contributed by atoms with Gasteiger partial charge in [-0.15, -0.1) is 5.10 Å². The van der Waals surface area contributed by atoms with Crippen molar-refractivity contribution in [2.45, 2.75) is 18.5 Å². The molecule has 0 saturated heterocycles. The minimum absolute atomic E-state index is 0.0558. The Balaban J connectivity index is 1.43. The van der Waals surface area contributed by atoms with Gasteiger partial charge in [-0.05, 0) is 22.3 Å². The molecular weight excluding hydrogens is 386 g/mol. The van der Waals surface area contributed by atoms with Gasteiger partial charge in [0.25, 0.3) is 0 Å². The first-order valence-electron chi connectivity index (χ1n) is 9.21. The molecule has 1 heterocycles. The highest BCUT2D eigenvalue weighted by atomic mass is 16.5. The van der Waals surface area contributed by atoms with E-state index in [1.165, 1.54) is 10.9 Å². The van der Waals surface area contributed by atoms with Crippen LogP contribution in [0.3, 0.4) is 0 Å². The van der Waals surface area contributed by atoms with E-state index in [0.29, 0.717) is 0 Å². The van der Waals surface area contributed by atoms with Crippen molar-refractivity contribution >= 4 is 12.1 Å². The predicted molar refractivity (Wildman–Crippen MR) is 104 cm³/mol. The first kappa shape index (κ1) is 19.1. The third-order valence-electron chi connectivity index (χ3n) is 4.96. The lowest BCUT2D eigenvalue weighted by Crippen LogP contribution is -2.44. The number of hydrogen-bond donors (Lipinski definition) is 2. The Morgan fingerprint density at radius 2 is 1.80 bits per heavy atom. The van der Waals surface area contributed by atoms with Gasteiger partial charge in [0.05, 0.1) is 12.7 Å². The maximum absolute atomic E-state index is 12.3. The lowest BCUT2D eigenvalue weighted by molar-refractivity contribution is -0.139. The summed E-state index contributed by atoms with van der Waals surface area (Å²) in [5.74, 6) is -1.38. The molecule has 0 fully saturated rings. The Kier molecular flexibility index (Phi) is 5.13. The Labute approximate surface area is 171 Å². The number of nitrogens with zero attached hydrogens (tertiary/aromatic N) is 4. The molecule has 1 atom stereocenters. The third-order valence-corrected chi connectivity index (χ3v) is 4.96. The first-order valence-corrected chi connectivity index (χ1v) is 9.21. The number of carboxylic acid groups (broad SMARTS) is 1. The average molecular weight is 403 g/mol.